The van der Waals surface area contributed by atoms with Crippen LogP contribution in [0.25, 0.3) is 0 Å². The standard InChI is InChI=1S/C12H26N2/c1-11-5-4-8-14(9-6-11)10-7-12(2)13-3/h11-13H,4-10H2,1-3H3. The highest BCUT2D eigenvalue weighted by Gasteiger charge is 2.13. The van der Waals surface area contributed by atoms with Gasteiger partial charge in [0.2, 0.25) is 0 Å². The second-order valence-electron chi connectivity index (χ2n) is 4.86. The van der Waals surface area contributed by atoms with Crippen LogP contribution in [-0.2, 0) is 0 Å². The van der Waals surface area contributed by atoms with Gasteiger partial charge in [-0.3, -0.25) is 0 Å². The van der Waals surface area contributed by atoms with Crippen LogP contribution in [-0.4, -0.2) is 37.6 Å². The van der Waals surface area contributed by atoms with Gasteiger partial charge in [0.1, 0.15) is 0 Å². The molecule has 2 nitrogen and oxygen atoms in total. The van der Waals surface area contributed by atoms with Crippen molar-refractivity contribution >= 4 is 0 Å². The molecule has 1 saturated heterocycles. The quantitative estimate of drug-likeness (QED) is 0.744. The van der Waals surface area contributed by atoms with E-state index in [1.807, 2.05) is 0 Å². The van der Waals surface area contributed by atoms with Crippen molar-refractivity contribution in [2.45, 2.75) is 45.6 Å². The highest BCUT2D eigenvalue weighted by atomic mass is 15.1. The zero-order valence-electron chi connectivity index (χ0n) is 10.1. The summed E-state index contributed by atoms with van der Waals surface area (Å²) in [4.78, 5) is 2.64. The van der Waals surface area contributed by atoms with E-state index in [4.69, 9.17) is 0 Å². The first kappa shape index (κ1) is 12.0. The molecule has 0 aliphatic carbocycles. The van der Waals surface area contributed by atoms with Gasteiger partial charge in [-0.15, -0.1) is 0 Å². The van der Waals surface area contributed by atoms with E-state index in [0.717, 1.165) is 5.92 Å². The minimum Gasteiger partial charge on any atom is -0.317 e. The molecule has 2 heteroatoms. The van der Waals surface area contributed by atoms with Crippen molar-refractivity contribution in [1.29, 1.82) is 0 Å². The predicted octanol–water partition coefficient (Wildman–Crippen LogP) is 2.11. The number of hydrogen-bond acceptors (Lipinski definition) is 2. The minimum atomic E-state index is 0.663. The molecular formula is C12H26N2. The molecule has 2 unspecified atom stereocenters. The average molecular weight is 198 g/mol. The van der Waals surface area contributed by atoms with Crippen LogP contribution in [0.4, 0.5) is 0 Å². The molecule has 1 aliphatic heterocycles. The fourth-order valence-electron chi connectivity index (χ4n) is 2.07. The Morgan fingerprint density at radius 1 is 1.36 bits per heavy atom. The first-order valence-electron chi connectivity index (χ1n) is 6.12. The molecule has 84 valence electrons. The zero-order valence-corrected chi connectivity index (χ0v) is 10.1. The monoisotopic (exact) mass is 198 g/mol. The van der Waals surface area contributed by atoms with E-state index in [2.05, 4.69) is 31.1 Å². The molecule has 1 aliphatic rings. The Bertz CT molecular complexity index is 147. The summed E-state index contributed by atoms with van der Waals surface area (Å²) in [6.45, 7) is 8.56. The van der Waals surface area contributed by atoms with Gasteiger partial charge in [-0.05, 0) is 65.2 Å². The lowest BCUT2D eigenvalue weighted by Crippen LogP contribution is -2.31. The van der Waals surface area contributed by atoms with E-state index in [0.29, 0.717) is 6.04 Å². The van der Waals surface area contributed by atoms with Crippen LogP contribution in [0.2, 0.25) is 0 Å². The predicted molar refractivity (Wildman–Crippen MR) is 62.6 cm³/mol. The molecule has 14 heavy (non-hydrogen) atoms. The summed E-state index contributed by atoms with van der Waals surface area (Å²) >= 11 is 0. The largest absolute Gasteiger partial charge is 0.317 e. The Balaban J connectivity index is 2.17. The Morgan fingerprint density at radius 3 is 2.86 bits per heavy atom. The summed E-state index contributed by atoms with van der Waals surface area (Å²) in [5.74, 6) is 0.946. The lowest BCUT2D eigenvalue weighted by Gasteiger charge is -2.21. The Morgan fingerprint density at radius 2 is 2.14 bits per heavy atom. The highest BCUT2D eigenvalue weighted by Crippen LogP contribution is 2.16. The van der Waals surface area contributed by atoms with Crippen LogP contribution in [0, 0.1) is 5.92 Å². The van der Waals surface area contributed by atoms with Crippen LogP contribution in [0.15, 0.2) is 0 Å². The third-order valence-electron chi connectivity index (χ3n) is 3.48. The topological polar surface area (TPSA) is 15.3 Å². The molecular weight excluding hydrogens is 172 g/mol. The molecule has 1 fully saturated rings. The summed E-state index contributed by atoms with van der Waals surface area (Å²) in [6.07, 6.45) is 5.51. The third kappa shape index (κ3) is 4.43. The van der Waals surface area contributed by atoms with Crippen LogP contribution in [0.3, 0.4) is 0 Å². The molecule has 0 saturated carbocycles. The van der Waals surface area contributed by atoms with Crippen LogP contribution in [0.1, 0.15) is 39.5 Å². The maximum Gasteiger partial charge on any atom is 0.00479 e. The van der Waals surface area contributed by atoms with Gasteiger partial charge in [-0.1, -0.05) is 6.92 Å². The lowest BCUT2D eigenvalue weighted by molar-refractivity contribution is 0.267. The SMILES string of the molecule is CNC(C)CCN1CCCC(C)CC1. The van der Waals surface area contributed by atoms with Gasteiger partial charge in [-0.25, -0.2) is 0 Å². The number of hydrogen-bond donors (Lipinski definition) is 1. The van der Waals surface area contributed by atoms with Crippen molar-refractivity contribution in [3.05, 3.63) is 0 Å². The molecule has 1 N–H and O–H groups in total. The lowest BCUT2D eigenvalue weighted by atomic mass is 10.0. The van der Waals surface area contributed by atoms with Crippen molar-refractivity contribution < 1.29 is 0 Å². The second-order valence-corrected chi connectivity index (χ2v) is 4.86. The van der Waals surface area contributed by atoms with Gasteiger partial charge in [0, 0.05) is 6.04 Å². The summed E-state index contributed by atoms with van der Waals surface area (Å²) < 4.78 is 0. The molecule has 0 spiro atoms. The Kier molecular flexibility index (Phi) is 5.49. The fraction of sp³-hybridized carbons (Fsp3) is 1.00. The molecule has 0 aromatic rings. The summed E-state index contributed by atoms with van der Waals surface area (Å²) in [5, 5.41) is 3.30. The minimum absolute atomic E-state index is 0.663. The highest BCUT2D eigenvalue weighted by molar-refractivity contribution is 4.69. The van der Waals surface area contributed by atoms with Gasteiger partial charge < -0.3 is 10.2 Å². The van der Waals surface area contributed by atoms with Gasteiger partial charge in [-0.2, -0.15) is 0 Å². The first-order chi connectivity index (χ1) is 6.72. The summed E-state index contributed by atoms with van der Waals surface area (Å²) in [5.41, 5.74) is 0. The van der Waals surface area contributed by atoms with E-state index < -0.39 is 0 Å². The van der Waals surface area contributed by atoms with Crippen molar-refractivity contribution in [3.63, 3.8) is 0 Å². The third-order valence-corrected chi connectivity index (χ3v) is 3.48. The van der Waals surface area contributed by atoms with Gasteiger partial charge >= 0.3 is 0 Å². The maximum atomic E-state index is 3.30. The number of nitrogens with zero attached hydrogens (tertiary/aromatic N) is 1. The Hall–Kier alpha value is -0.0800. The van der Waals surface area contributed by atoms with Gasteiger partial charge in [0.15, 0.2) is 0 Å². The van der Waals surface area contributed by atoms with E-state index in [1.165, 1.54) is 45.3 Å². The molecule has 1 rings (SSSR count). The van der Waals surface area contributed by atoms with Gasteiger partial charge in [0.25, 0.3) is 0 Å². The van der Waals surface area contributed by atoms with Crippen LogP contribution < -0.4 is 5.32 Å². The zero-order chi connectivity index (χ0) is 10.4. The van der Waals surface area contributed by atoms with Gasteiger partial charge in [0.05, 0.1) is 0 Å². The van der Waals surface area contributed by atoms with Crippen molar-refractivity contribution in [3.8, 4) is 0 Å². The normalized spacial score (nSPS) is 27.2. The van der Waals surface area contributed by atoms with Crippen molar-refractivity contribution in [1.82, 2.24) is 10.2 Å². The summed E-state index contributed by atoms with van der Waals surface area (Å²) in [7, 11) is 2.05. The van der Waals surface area contributed by atoms with E-state index >= 15 is 0 Å². The second kappa shape index (κ2) is 6.41. The van der Waals surface area contributed by atoms with Crippen LogP contribution in [0.5, 0.6) is 0 Å². The number of rotatable bonds is 4. The first-order valence-corrected chi connectivity index (χ1v) is 6.12. The molecule has 0 aromatic heterocycles. The van der Waals surface area contributed by atoms with E-state index in [9.17, 15) is 0 Å². The van der Waals surface area contributed by atoms with Crippen molar-refractivity contribution in [2.24, 2.45) is 5.92 Å². The average Bonchev–Trinajstić information content (AvgIpc) is 2.39. The smallest absolute Gasteiger partial charge is 0.00479 e. The molecule has 0 amide bonds. The molecule has 2 atom stereocenters. The molecule has 0 aromatic carbocycles. The van der Waals surface area contributed by atoms with Crippen LogP contribution >= 0.6 is 0 Å². The fourth-order valence-corrected chi connectivity index (χ4v) is 2.07. The van der Waals surface area contributed by atoms with Crippen molar-refractivity contribution in [2.75, 3.05) is 26.7 Å². The number of likely N-dealkylation sites (tertiary alicyclic amines) is 1. The Labute approximate surface area is 89.1 Å². The molecule has 1 heterocycles. The summed E-state index contributed by atoms with van der Waals surface area (Å²) in [6, 6.07) is 0.663. The maximum absolute atomic E-state index is 3.30. The van der Waals surface area contributed by atoms with E-state index in [-0.39, 0.29) is 0 Å². The number of nitrogens with one attached hydrogen (secondary N) is 1. The molecule has 0 bridgehead atoms. The van der Waals surface area contributed by atoms with E-state index in [1.54, 1.807) is 0 Å². The molecule has 0 radical (unpaired) electrons.